The van der Waals surface area contributed by atoms with E-state index in [4.69, 9.17) is 0 Å². The molecule has 2 aliphatic rings. The van der Waals surface area contributed by atoms with Crippen molar-refractivity contribution in [3.63, 3.8) is 0 Å². The van der Waals surface area contributed by atoms with Crippen molar-refractivity contribution in [3.05, 3.63) is 45.5 Å². The molecule has 0 bridgehead atoms. The van der Waals surface area contributed by atoms with Crippen LogP contribution in [0.2, 0.25) is 0 Å². The molecule has 1 aliphatic heterocycles. The molecule has 36 heavy (non-hydrogen) atoms. The van der Waals surface area contributed by atoms with Crippen molar-refractivity contribution in [2.24, 2.45) is 23.7 Å². The Morgan fingerprint density at radius 3 is 2.31 bits per heavy atom. The van der Waals surface area contributed by atoms with E-state index >= 15 is 0 Å². The zero-order chi connectivity index (χ0) is 26.7. The maximum atomic E-state index is 13.2. The second-order valence-corrected chi connectivity index (χ2v) is 10.8. The first-order valence-corrected chi connectivity index (χ1v) is 13.4. The molecule has 0 radical (unpaired) electrons. The van der Waals surface area contributed by atoms with Crippen LogP contribution >= 0.6 is 0 Å². The van der Waals surface area contributed by atoms with Gasteiger partial charge in [0.15, 0.2) is 0 Å². The van der Waals surface area contributed by atoms with Crippen molar-refractivity contribution in [2.45, 2.75) is 79.8 Å². The highest BCUT2D eigenvalue weighted by molar-refractivity contribution is 6.05. The Kier molecular flexibility index (Phi) is 9.18. The summed E-state index contributed by atoms with van der Waals surface area (Å²) in [5, 5.41) is 31.9. The number of nitrogens with zero attached hydrogens (tertiary/aromatic N) is 1. The van der Waals surface area contributed by atoms with E-state index < -0.39 is 23.9 Å². The summed E-state index contributed by atoms with van der Waals surface area (Å²) in [5.74, 6) is -1.48. The molecular weight excluding hydrogens is 454 g/mol. The fourth-order valence-corrected chi connectivity index (χ4v) is 6.09. The van der Waals surface area contributed by atoms with Gasteiger partial charge in [0.2, 0.25) is 11.8 Å². The highest BCUT2D eigenvalue weighted by atomic mass is 16.3. The van der Waals surface area contributed by atoms with Gasteiger partial charge in [0, 0.05) is 12.5 Å². The lowest BCUT2D eigenvalue weighted by atomic mass is 9.66. The Morgan fingerprint density at radius 2 is 1.78 bits per heavy atom. The predicted molar refractivity (Wildman–Crippen MR) is 142 cm³/mol. The van der Waals surface area contributed by atoms with E-state index in [2.05, 4.69) is 26.8 Å². The highest BCUT2D eigenvalue weighted by Gasteiger charge is 2.54. The first-order chi connectivity index (χ1) is 17.0. The van der Waals surface area contributed by atoms with Crippen LogP contribution in [0.3, 0.4) is 0 Å². The Hall–Kier alpha value is -2.44. The van der Waals surface area contributed by atoms with Crippen molar-refractivity contribution in [1.82, 2.24) is 4.90 Å². The normalized spacial score (nSPS) is 23.6. The van der Waals surface area contributed by atoms with Gasteiger partial charge in [-0.1, -0.05) is 44.9 Å². The molecule has 1 aliphatic carbocycles. The van der Waals surface area contributed by atoms with Gasteiger partial charge < -0.3 is 15.3 Å². The van der Waals surface area contributed by atoms with E-state index in [9.17, 15) is 24.9 Å². The van der Waals surface area contributed by atoms with Gasteiger partial charge in [-0.25, -0.2) is 0 Å². The minimum Gasteiger partial charge on any atom is -0.507 e. The Labute approximate surface area is 215 Å². The molecule has 198 valence electrons. The summed E-state index contributed by atoms with van der Waals surface area (Å²) in [4.78, 5) is 27.6. The second-order valence-electron chi connectivity index (χ2n) is 10.8. The third-order valence-corrected chi connectivity index (χ3v) is 7.99. The lowest BCUT2D eigenvalue weighted by Crippen LogP contribution is -2.40. The summed E-state index contributed by atoms with van der Waals surface area (Å²) in [6.45, 7) is 12.0. The maximum absolute atomic E-state index is 13.2. The van der Waals surface area contributed by atoms with Crippen LogP contribution in [0.25, 0.3) is 6.08 Å². The predicted octanol–water partition coefficient (Wildman–Crippen LogP) is 4.92. The average Bonchev–Trinajstić information content (AvgIpc) is 3.08. The monoisotopic (exact) mass is 497 g/mol. The molecule has 0 unspecified atom stereocenters. The van der Waals surface area contributed by atoms with Gasteiger partial charge in [-0.05, 0) is 86.3 Å². The number of phenolic OH excluding ortho intramolecular Hbond substituents is 1. The molecule has 1 fully saturated rings. The molecule has 0 aromatic heterocycles. The van der Waals surface area contributed by atoms with Gasteiger partial charge in [-0.2, -0.15) is 0 Å². The van der Waals surface area contributed by atoms with Crippen molar-refractivity contribution >= 4 is 17.9 Å². The summed E-state index contributed by atoms with van der Waals surface area (Å²) in [7, 11) is 0. The zero-order valence-corrected chi connectivity index (χ0v) is 22.7. The lowest BCUT2D eigenvalue weighted by molar-refractivity contribution is -0.140. The zero-order valence-electron chi connectivity index (χ0n) is 22.7. The van der Waals surface area contributed by atoms with Crippen molar-refractivity contribution in [1.29, 1.82) is 0 Å². The molecule has 1 aromatic rings. The second kappa shape index (κ2) is 11.7. The minimum atomic E-state index is -0.790. The van der Waals surface area contributed by atoms with Gasteiger partial charge in [-0.15, -0.1) is 0 Å². The van der Waals surface area contributed by atoms with E-state index in [1.54, 1.807) is 0 Å². The van der Waals surface area contributed by atoms with Crippen LogP contribution in [0.15, 0.2) is 28.9 Å². The van der Waals surface area contributed by atoms with Gasteiger partial charge in [0.1, 0.15) is 5.75 Å². The van der Waals surface area contributed by atoms with Crippen molar-refractivity contribution < 1.29 is 24.9 Å². The number of fused-ring (bicyclic) bond motifs is 1. The molecule has 0 spiro atoms. The van der Waals surface area contributed by atoms with E-state index in [0.717, 1.165) is 34.3 Å². The quantitative estimate of drug-likeness (QED) is 0.315. The summed E-state index contributed by atoms with van der Waals surface area (Å²) < 4.78 is 0. The van der Waals surface area contributed by atoms with Crippen LogP contribution in [-0.4, -0.2) is 51.3 Å². The number of amides is 2. The Bertz CT molecular complexity index is 1030. The van der Waals surface area contributed by atoms with Crippen molar-refractivity contribution in [2.75, 3.05) is 13.2 Å². The number of likely N-dealkylation sites (tertiary alicyclic amines) is 1. The highest BCUT2D eigenvalue weighted by Crippen LogP contribution is 2.48. The fourth-order valence-electron chi connectivity index (χ4n) is 6.09. The summed E-state index contributed by atoms with van der Waals surface area (Å²) in [6.07, 6.45) is 4.48. The number of carbonyl (C=O) groups is 2. The number of aliphatic hydroxyl groups excluding tert-OH is 2. The molecular formula is C30H43NO5. The number of imide groups is 1. The van der Waals surface area contributed by atoms with E-state index in [1.807, 2.05) is 32.9 Å². The molecule has 6 heteroatoms. The fraction of sp³-hybridized carbons (Fsp3) is 0.600. The first kappa shape index (κ1) is 28.1. The third kappa shape index (κ3) is 5.45. The topological polar surface area (TPSA) is 98.1 Å². The molecule has 0 saturated carbocycles. The number of aryl methyl sites for hydroxylation is 2. The van der Waals surface area contributed by atoms with E-state index in [-0.39, 0.29) is 24.3 Å². The Balaban J connectivity index is 1.87. The smallest absolute Gasteiger partial charge is 0.233 e. The molecule has 1 aromatic carbocycles. The molecule has 2 amide bonds. The largest absolute Gasteiger partial charge is 0.507 e. The van der Waals surface area contributed by atoms with Gasteiger partial charge >= 0.3 is 0 Å². The third-order valence-electron chi connectivity index (χ3n) is 7.99. The van der Waals surface area contributed by atoms with Crippen LogP contribution in [0.1, 0.15) is 76.5 Å². The first-order valence-electron chi connectivity index (χ1n) is 13.4. The van der Waals surface area contributed by atoms with Crippen LogP contribution in [-0.2, 0) is 9.59 Å². The molecule has 3 N–H and O–H groups in total. The molecule has 6 nitrogen and oxygen atoms in total. The van der Waals surface area contributed by atoms with E-state index in [0.29, 0.717) is 38.0 Å². The van der Waals surface area contributed by atoms with Crippen LogP contribution < -0.4 is 0 Å². The number of benzene rings is 1. The number of aromatic hydroxyl groups is 1. The van der Waals surface area contributed by atoms with Crippen LogP contribution in [0.4, 0.5) is 0 Å². The summed E-state index contributed by atoms with van der Waals surface area (Å²) in [5.41, 5.74) is 5.64. The van der Waals surface area contributed by atoms with Gasteiger partial charge in [0.25, 0.3) is 0 Å². The molecule has 1 heterocycles. The average molecular weight is 498 g/mol. The number of rotatable bonds is 10. The maximum Gasteiger partial charge on any atom is 0.233 e. The van der Waals surface area contributed by atoms with Crippen LogP contribution in [0, 0.1) is 37.5 Å². The van der Waals surface area contributed by atoms with E-state index in [1.165, 1.54) is 10.5 Å². The van der Waals surface area contributed by atoms with Crippen LogP contribution in [0.5, 0.6) is 5.75 Å². The van der Waals surface area contributed by atoms with Gasteiger partial charge in [-0.3, -0.25) is 14.5 Å². The number of hydrogen-bond donors (Lipinski definition) is 3. The Morgan fingerprint density at radius 1 is 1.14 bits per heavy atom. The SMILES string of the molecule is CCCN1C(=O)[C@@H]2[C@@H](CC(C(C)C)=C([C@H](O)CC/C(=C/c3cc(C)c(O)c(C)c3)CC)[C@@H]2CO)C1=O. The number of phenols is 1. The molecule has 1 saturated heterocycles. The number of hydrogen-bond acceptors (Lipinski definition) is 5. The molecule has 3 rings (SSSR count). The summed E-state index contributed by atoms with van der Waals surface area (Å²) >= 11 is 0. The number of carbonyl (C=O) groups excluding carboxylic acids is 2. The summed E-state index contributed by atoms with van der Waals surface area (Å²) in [6, 6.07) is 3.92. The standard InChI is InChI=1S/C30H43NO5/c1-7-11-31-29(35)23-15-22(17(3)4)26(24(16-32)27(23)30(31)36)25(33)10-9-20(8-2)14-21-12-18(5)28(34)19(6)13-21/h12-14,17,23-25,27,32-34H,7-11,15-16H2,1-6H3/b20-14+/t23-,24+,25-,27-/m1/s1. The van der Waals surface area contributed by atoms with Crippen molar-refractivity contribution in [3.8, 4) is 5.75 Å². The number of allylic oxidation sites excluding steroid dienone is 2. The molecule has 4 atom stereocenters. The minimum absolute atomic E-state index is 0.108. The van der Waals surface area contributed by atoms with Gasteiger partial charge in [0.05, 0.1) is 24.5 Å². The number of aliphatic hydroxyl groups is 2. The lowest BCUT2D eigenvalue weighted by Gasteiger charge is -2.38.